The highest BCUT2D eigenvalue weighted by molar-refractivity contribution is 7.09. The minimum absolute atomic E-state index is 0.144. The van der Waals surface area contributed by atoms with Crippen molar-refractivity contribution in [2.24, 2.45) is 0 Å². The second kappa shape index (κ2) is 5.74. The first-order valence-corrected chi connectivity index (χ1v) is 7.39. The van der Waals surface area contributed by atoms with Gasteiger partial charge in [-0.05, 0) is 18.5 Å². The van der Waals surface area contributed by atoms with Crippen LogP contribution in [0.4, 0.5) is 5.95 Å². The summed E-state index contributed by atoms with van der Waals surface area (Å²) in [5.41, 5.74) is 0.973. The van der Waals surface area contributed by atoms with Crippen molar-refractivity contribution >= 4 is 28.9 Å². The fraction of sp³-hybridized carbons (Fsp3) is 0.250. The van der Waals surface area contributed by atoms with E-state index in [1.165, 1.54) is 0 Å². The third-order valence-electron chi connectivity index (χ3n) is 2.73. The predicted octanol–water partition coefficient (Wildman–Crippen LogP) is 2.11. The van der Waals surface area contributed by atoms with Gasteiger partial charge in [-0.1, -0.05) is 0 Å². The molecule has 0 atom stereocenters. The lowest BCUT2D eigenvalue weighted by Gasteiger charge is -2.16. The quantitative estimate of drug-likeness (QED) is 0.733. The average Bonchev–Trinajstić information content (AvgIpc) is 3.10. The monoisotopic (exact) mass is 321 g/mol. The summed E-state index contributed by atoms with van der Waals surface area (Å²) in [4.78, 5) is 22.9. The van der Waals surface area contributed by atoms with Gasteiger partial charge in [0.25, 0.3) is 0 Å². The Balaban J connectivity index is 1.87. The molecule has 0 radical (unpaired) electrons. The molecule has 3 aromatic heterocycles. The fourth-order valence-electron chi connectivity index (χ4n) is 1.79. The molecule has 0 aliphatic carbocycles. The summed E-state index contributed by atoms with van der Waals surface area (Å²) in [6, 6.07) is 0. The van der Waals surface area contributed by atoms with Crippen LogP contribution >= 0.6 is 22.9 Å². The number of imidazole rings is 1. The second-order valence-electron chi connectivity index (χ2n) is 4.39. The van der Waals surface area contributed by atoms with E-state index in [0.717, 1.165) is 10.7 Å². The molecule has 9 heteroatoms. The zero-order valence-electron chi connectivity index (χ0n) is 11.4. The predicted molar refractivity (Wildman–Crippen MR) is 80.9 cm³/mol. The maximum Gasteiger partial charge on any atom is 0.241 e. The van der Waals surface area contributed by atoms with Gasteiger partial charge in [-0.2, -0.15) is 15.0 Å². The number of nitrogens with zero attached hydrogens (tertiary/aromatic N) is 7. The van der Waals surface area contributed by atoms with Gasteiger partial charge in [0.1, 0.15) is 6.33 Å². The summed E-state index contributed by atoms with van der Waals surface area (Å²) < 4.78 is 1.68. The molecule has 3 rings (SSSR count). The van der Waals surface area contributed by atoms with Crippen LogP contribution in [-0.4, -0.2) is 36.5 Å². The van der Waals surface area contributed by atoms with Crippen molar-refractivity contribution in [3.8, 4) is 5.95 Å². The molecule has 21 heavy (non-hydrogen) atoms. The Bertz CT molecular complexity index is 740. The van der Waals surface area contributed by atoms with E-state index in [9.17, 15) is 0 Å². The molecule has 3 aromatic rings. The minimum Gasteiger partial charge on any atom is -0.338 e. The van der Waals surface area contributed by atoms with Gasteiger partial charge in [-0.3, -0.25) is 4.57 Å². The van der Waals surface area contributed by atoms with Crippen molar-refractivity contribution in [2.45, 2.75) is 13.5 Å². The molecule has 0 aliphatic heterocycles. The Hall–Kier alpha value is -2.06. The fourth-order valence-corrected chi connectivity index (χ4v) is 2.54. The van der Waals surface area contributed by atoms with Crippen LogP contribution in [0.25, 0.3) is 5.95 Å². The zero-order valence-corrected chi connectivity index (χ0v) is 13.0. The van der Waals surface area contributed by atoms with Crippen molar-refractivity contribution in [1.29, 1.82) is 0 Å². The third kappa shape index (κ3) is 3.17. The van der Waals surface area contributed by atoms with E-state index in [2.05, 4.69) is 24.9 Å². The molecule has 0 saturated heterocycles. The van der Waals surface area contributed by atoms with E-state index in [1.54, 1.807) is 34.6 Å². The summed E-state index contributed by atoms with van der Waals surface area (Å²) in [6.07, 6.45) is 5.01. The Labute approximate surface area is 130 Å². The van der Waals surface area contributed by atoms with Gasteiger partial charge >= 0.3 is 0 Å². The summed E-state index contributed by atoms with van der Waals surface area (Å²) in [5, 5.41) is 3.20. The van der Waals surface area contributed by atoms with Crippen LogP contribution in [0.15, 0.2) is 24.1 Å². The number of rotatable bonds is 4. The van der Waals surface area contributed by atoms with E-state index in [0.29, 0.717) is 18.4 Å². The molecule has 0 saturated carbocycles. The number of aryl methyl sites for hydroxylation is 1. The molecule has 0 spiro atoms. The summed E-state index contributed by atoms with van der Waals surface area (Å²) >= 11 is 7.60. The van der Waals surface area contributed by atoms with E-state index in [-0.39, 0.29) is 5.28 Å². The van der Waals surface area contributed by atoms with Gasteiger partial charge in [0.2, 0.25) is 17.2 Å². The number of halogens is 1. The normalized spacial score (nSPS) is 10.8. The molecular formula is C12H12ClN7S. The molecule has 0 amide bonds. The van der Waals surface area contributed by atoms with E-state index in [1.807, 2.05) is 24.3 Å². The number of hydrogen-bond donors (Lipinski definition) is 0. The zero-order chi connectivity index (χ0) is 14.8. The Morgan fingerprint density at radius 1 is 1.29 bits per heavy atom. The maximum atomic E-state index is 5.98. The number of anilines is 1. The van der Waals surface area contributed by atoms with Crippen LogP contribution in [0, 0.1) is 6.92 Å². The summed E-state index contributed by atoms with van der Waals surface area (Å²) in [7, 11) is 1.89. The van der Waals surface area contributed by atoms with Gasteiger partial charge < -0.3 is 4.90 Å². The largest absolute Gasteiger partial charge is 0.338 e. The average molecular weight is 322 g/mol. The van der Waals surface area contributed by atoms with Crippen molar-refractivity contribution in [2.75, 3.05) is 11.9 Å². The molecule has 0 fully saturated rings. The standard InChI is InChI=1S/C12H12ClN7S/c1-8-15-9(6-21-8)5-19(2)11-16-10(13)17-12(18-11)20-4-3-14-7-20/h3-4,6-7H,5H2,1-2H3. The number of hydrogen-bond acceptors (Lipinski definition) is 7. The first-order valence-electron chi connectivity index (χ1n) is 6.14. The summed E-state index contributed by atoms with van der Waals surface area (Å²) in [6.45, 7) is 2.58. The SMILES string of the molecule is Cc1nc(CN(C)c2nc(Cl)nc(-n3ccnc3)n2)cs1. The molecule has 7 nitrogen and oxygen atoms in total. The van der Waals surface area contributed by atoms with Gasteiger partial charge in [-0.15, -0.1) is 11.3 Å². The van der Waals surface area contributed by atoms with Crippen LogP contribution in [0.2, 0.25) is 5.28 Å². The first-order chi connectivity index (χ1) is 10.1. The van der Waals surface area contributed by atoms with Crippen molar-refractivity contribution in [3.05, 3.63) is 40.1 Å². The molecule has 3 heterocycles. The lowest BCUT2D eigenvalue weighted by atomic mass is 10.4. The van der Waals surface area contributed by atoms with Crippen molar-refractivity contribution in [3.63, 3.8) is 0 Å². The Kier molecular flexibility index (Phi) is 3.80. The van der Waals surface area contributed by atoms with Crippen LogP contribution < -0.4 is 4.90 Å². The van der Waals surface area contributed by atoms with Crippen LogP contribution in [-0.2, 0) is 6.54 Å². The lowest BCUT2D eigenvalue weighted by Crippen LogP contribution is -2.20. The number of aromatic nitrogens is 6. The maximum absolute atomic E-state index is 5.98. The Morgan fingerprint density at radius 3 is 2.81 bits per heavy atom. The molecule has 0 unspecified atom stereocenters. The lowest BCUT2D eigenvalue weighted by molar-refractivity contribution is 0.810. The van der Waals surface area contributed by atoms with Crippen molar-refractivity contribution < 1.29 is 0 Å². The highest BCUT2D eigenvalue weighted by Gasteiger charge is 2.12. The molecular weight excluding hydrogens is 310 g/mol. The molecule has 108 valence electrons. The smallest absolute Gasteiger partial charge is 0.241 e. The van der Waals surface area contributed by atoms with Gasteiger partial charge in [0.05, 0.1) is 17.2 Å². The topological polar surface area (TPSA) is 72.6 Å². The van der Waals surface area contributed by atoms with Gasteiger partial charge in [0, 0.05) is 24.8 Å². The first kappa shape index (κ1) is 13.9. The minimum atomic E-state index is 0.144. The molecule has 0 bridgehead atoms. The van der Waals surface area contributed by atoms with E-state index < -0.39 is 0 Å². The Morgan fingerprint density at radius 2 is 2.14 bits per heavy atom. The summed E-state index contributed by atoms with van der Waals surface area (Å²) in [5.74, 6) is 0.924. The second-order valence-corrected chi connectivity index (χ2v) is 5.79. The van der Waals surface area contributed by atoms with E-state index >= 15 is 0 Å². The highest BCUT2D eigenvalue weighted by atomic mass is 35.5. The van der Waals surface area contributed by atoms with Gasteiger partial charge in [-0.25, -0.2) is 9.97 Å². The van der Waals surface area contributed by atoms with Gasteiger partial charge in [0.15, 0.2) is 0 Å². The van der Waals surface area contributed by atoms with Crippen LogP contribution in [0.3, 0.4) is 0 Å². The van der Waals surface area contributed by atoms with Crippen LogP contribution in [0.1, 0.15) is 10.7 Å². The van der Waals surface area contributed by atoms with E-state index in [4.69, 9.17) is 11.6 Å². The number of thiazole rings is 1. The van der Waals surface area contributed by atoms with Crippen LogP contribution in [0.5, 0.6) is 0 Å². The third-order valence-corrected chi connectivity index (χ3v) is 3.72. The highest BCUT2D eigenvalue weighted by Crippen LogP contribution is 2.16. The molecule has 0 aliphatic rings. The molecule has 0 aromatic carbocycles. The molecule has 0 N–H and O–H groups in total. The van der Waals surface area contributed by atoms with Crippen molar-refractivity contribution in [1.82, 2.24) is 29.5 Å².